The highest BCUT2D eigenvalue weighted by Crippen LogP contribution is 2.36. The molecule has 0 saturated carbocycles. The van der Waals surface area contributed by atoms with Crippen LogP contribution in [0, 0.1) is 0 Å². The summed E-state index contributed by atoms with van der Waals surface area (Å²) in [5.41, 5.74) is 7.22. The third-order valence-electron chi connectivity index (χ3n) is 5.31. The molecule has 1 aliphatic heterocycles. The maximum Gasteiger partial charge on any atom is 0.410 e. The number of carbonyl (C=O) groups is 1. The average molecular weight is 446 g/mol. The van der Waals surface area contributed by atoms with Crippen LogP contribution in [0.5, 0.6) is 0 Å². The Hall–Kier alpha value is -2.88. The molecule has 1 saturated heterocycles. The number of fused-ring (bicyclic) bond motifs is 3. The Kier molecular flexibility index (Phi) is 5.28. The Morgan fingerprint density at radius 1 is 1.35 bits per heavy atom. The third-order valence-corrected chi connectivity index (χ3v) is 6.22. The van der Waals surface area contributed by atoms with Gasteiger partial charge in [-0.3, -0.25) is 4.21 Å². The van der Waals surface area contributed by atoms with E-state index in [0.29, 0.717) is 40.5 Å². The predicted octanol–water partition coefficient (Wildman–Crippen LogP) is 3.14. The van der Waals surface area contributed by atoms with E-state index in [1.54, 1.807) is 30.3 Å². The number of anilines is 2. The number of hydrogen-bond donors (Lipinski definition) is 1. The SMILES string of the molecule is CN(C(=O)OC(C)(C)C)[C@@H]1CCN(c2nc(N)nc3c2oc2ccc(S(C)=O)cc23)C1. The lowest BCUT2D eigenvalue weighted by atomic mass is 10.2. The predicted molar refractivity (Wildman–Crippen MR) is 121 cm³/mol. The third kappa shape index (κ3) is 4.16. The zero-order chi connectivity index (χ0) is 22.5. The smallest absolute Gasteiger partial charge is 0.410 e. The minimum absolute atomic E-state index is 0.0282. The van der Waals surface area contributed by atoms with Crippen LogP contribution in [0.3, 0.4) is 0 Å². The van der Waals surface area contributed by atoms with E-state index in [2.05, 4.69) is 9.97 Å². The van der Waals surface area contributed by atoms with Crippen molar-refractivity contribution in [2.75, 3.05) is 37.0 Å². The summed E-state index contributed by atoms with van der Waals surface area (Å²) >= 11 is 0. The van der Waals surface area contributed by atoms with E-state index in [4.69, 9.17) is 14.9 Å². The second-order valence-corrected chi connectivity index (χ2v) is 10.2. The van der Waals surface area contributed by atoms with Crippen molar-refractivity contribution in [3.63, 3.8) is 0 Å². The lowest BCUT2D eigenvalue weighted by Gasteiger charge is -2.28. The van der Waals surface area contributed by atoms with Crippen molar-refractivity contribution in [2.24, 2.45) is 0 Å². The van der Waals surface area contributed by atoms with Crippen molar-refractivity contribution in [3.05, 3.63) is 18.2 Å². The number of nitrogens with zero attached hydrogens (tertiary/aromatic N) is 4. The molecule has 31 heavy (non-hydrogen) atoms. The van der Waals surface area contributed by atoms with Gasteiger partial charge in [-0.15, -0.1) is 0 Å². The lowest BCUT2D eigenvalue weighted by molar-refractivity contribution is 0.0238. The molecule has 2 atom stereocenters. The standard InChI is InChI=1S/C21H27N5O4S/c1-21(2,3)30-20(27)25(4)12-8-9-26(11-12)18-17-16(23-19(22)24-18)14-10-13(31(5)28)6-7-15(14)29-17/h6-7,10,12H,8-9,11H2,1-5H3,(H2,22,23,24)/t12-,31?/m1/s1. The van der Waals surface area contributed by atoms with Crippen molar-refractivity contribution in [1.82, 2.24) is 14.9 Å². The maximum absolute atomic E-state index is 12.5. The first-order valence-electron chi connectivity index (χ1n) is 10.1. The van der Waals surface area contributed by atoms with Gasteiger partial charge in [-0.2, -0.15) is 4.98 Å². The van der Waals surface area contributed by atoms with Crippen LogP contribution in [0.1, 0.15) is 27.2 Å². The van der Waals surface area contributed by atoms with Gasteiger partial charge in [-0.1, -0.05) is 0 Å². The van der Waals surface area contributed by atoms with Crippen LogP contribution in [-0.4, -0.2) is 63.2 Å². The van der Waals surface area contributed by atoms with Gasteiger partial charge in [0.15, 0.2) is 11.4 Å². The van der Waals surface area contributed by atoms with Gasteiger partial charge < -0.3 is 24.7 Å². The number of nitrogens with two attached hydrogens (primary N) is 1. The van der Waals surface area contributed by atoms with Crippen molar-refractivity contribution in [2.45, 2.75) is 43.7 Å². The number of nitrogen functional groups attached to an aromatic ring is 1. The number of hydrogen-bond acceptors (Lipinski definition) is 8. The molecule has 3 heterocycles. The first kappa shape index (κ1) is 21.4. The zero-order valence-electron chi connectivity index (χ0n) is 18.3. The molecule has 0 radical (unpaired) electrons. The van der Waals surface area contributed by atoms with Gasteiger partial charge in [0.1, 0.15) is 16.7 Å². The van der Waals surface area contributed by atoms with Gasteiger partial charge in [0.25, 0.3) is 0 Å². The van der Waals surface area contributed by atoms with Crippen LogP contribution in [0.25, 0.3) is 22.1 Å². The van der Waals surface area contributed by atoms with E-state index in [-0.39, 0.29) is 18.1 Å². The molecule has 1 aromatic carbocycles. The van der Waals surface area contributed by atoms with Crippen LogP contribution < -0.4 is 10.6 Å². The summed E-state index contributed by atoms with van der Waals surface area (Å²) in [6.45, 7) is 6.80. The Labute approximate surface area is 183 Å². The molecule has 0 bridgehead atoms. The van der Waals surface area contributed by atoms with E-state index in [1.807, 2.05) is 31.7 Å². The molecule has 1 amide bonds. The van der Waals surface area contributed by atoms with Crippen LogP contribution in [-0.2, 0) is 15.5 Å². The van der Waals surface area contributed by atoms with E-state index < -0.39 is 16.4 Å². The first-order chi connectivity index (χ1) is 14.5. The second-order valence-electron chi connectivity index (χ2n) is 8.78. The molecule has 9 nitrogen and oxygen atoms in total. The molecule has 1 aliphatic rings. The normalized spacial score (nSPS) is 18.0. The maximum atomic E-state index is 12.5. The molecule has 1 fully saturated rings. The van der Waals surface area contributed by atoms with Crippen LogP contribution in [0.2, 0.25) is 0 Å². The van der Waals surface area contributed by atoms with Crippen LogP contribution in [0.4, 0.5) is 16.6 Å². The molecular formula is C21H27N5O4S. The highest BCUT2D eigenvalue weighted by molar-refractivity contribution is 7.84. The van der Waals surface area contributed by atoms with E-state index in [1.165, 1.54) is 0 Å². The molecule has 1 unspecified atom stereocenters. The van der Waals surface area contributed by atoms with Gasteiger partial charge in [-0.05, 0) is 45.4 Å². The fourth-order valence-electron chi connectivity index (χ4n) is 3.75. The monoisotopic (exact) mass is 445 g/mol. The summed E-state index contributed by atoms with van der Waals surface area (Å²) < 4.78 is 23.5. The Morgan fingerprint density at radius 3 is 2.77 bits per heavy atom. The fourth-order valence-corrected chi connectivity index (χ4v) is 4.30. The first-order valence-corrected chi connectivity index (χ1v) is 11.6. The summed E-state index contributed by atoms with van der Waals surface area (Å²) in [4.78, 5) is 25.6. The number of furan rings is 1. The van der Waals surface area contributed by atoms with Crippen molar-refractivity contribution in [1.29, 1.82) is 0 Å². The zero-order valence-corrected chi connectivity index (χ0v) is 19.2. The van der Waals surface area contributed by atoms with E-state index >= 15 is 0 Å². The summed E-state index contributed by atoms with van der Waals surface area (Å²) in [7, 11) is 0.627. The van der Waals surface area contributed by atoms with Gasteiger partial charge in [-0.25, -0.2) is 9.78 Å². The van der Waals surface area contributed by atoms with Crippen molar-refractivity contribution < 1.29 is 18.2 Å². The number of benzene rings is 1. The Morgan fingerprint density at radius 2 is 2.10 bits per heavy atom. The number of carbonyl (C=O) groups excluding carboxylic acids is 1. The lowest BCUT2D eigenvalue weighted by Crippen LogP contribution is -2.42. The largest absolute Gasteiger partial charge is 0.450 e. The van der Waals surface area contributed by atoms with Crippen molar-refractivity contribution in [3.8, 4) is 0 Å². The molecule has 0 aliphatic carbocycles. The number of rotatable bonds is 3. The molecule has 2 aromatic heterocycles. The number of aromatic nitrogens is 2. The summed E-state index contributed by atoms with van der Waals surface area (Å²) in [6, 6.07) is 5.35. The summed E-state index contributed by atoms with van der Waals surface area (Å²) in [5, 5.41) is 0.750. The second kappa shape index (κ2) is 7.67. The van der Waals surface area contributed by atoms with E-state index in [9.17, 15) is 9.00 Å². The van der Waals surface area contributed by atoms with Gasteiger partial charge in [0, 0.05) is 47.5 Å². The average Bonchev–Trinajstić information content (AvgIpc) is 3.30. The molecular weight excluding hydrogens is 418 g/mol. The summed E-state index contributed by atoms with van der Waals surface area (Å²) in [5.74, 6) is 0.732. The number of likely N-dealkylation sites (N-methyl/N-ethyl adjacent to an activating group) is 1. The van der Waals surface area contributed by atoms with Crippen LogP contribution >= 0.6 is 0 Å². The van der Waals surface area contributed by atoms with Gasteiger partial charge in [0.2, 0.25) is 5.95 Å². The molecule has 2 N–H and O–H groups in total. The molecule has 10 heteroatoms. The molecule has 0 spiro atoms. The fraction of sp³-hybridized carbons (Fsp3) is 0.476. The molecule has 4 rings (SSSR count). The Balaban J connectivity index is 1.66. The van der Waals surface area contributed by atoms with Crippen LogP contribution in [0.15, 0.2) is 27.5 Å². The number of ether oxygens (including phenoxy) is 1. The highest BCUT2D eigenvalue weighted by Gasteiger charge is 2.33. The molecule has 166 valence electrons. The van der Waals surface area contributed by atoms with E-state index in [0.717, 1.165) is 11.8 Å². The number of amides is 1. The topological polar surface area (TPSA) is 115 Å². The van der Waals surface area contributed by atoms with Gasteiger partial charge in [0.05, 0.1) is 6.04 Å². The quantitative estimate of drug-likeness (QED) is 0.654. The Bertz CT molecular complexity index is 1190. The molecule has 3 aromatic rings. The summed E-state index contributed by atoms with van der Waals surface area (Å²) in [6.07, 6.45) is 2.04. The van der Waals surface area contributed by atoms with Crippen molar-refractivity contribution >= 4 is 50.7 Å². The van der Waals surface area contributed by atoms with Gasteiger partial charge >= 0.3 is 6.09 Å². The minimum atomic E-state index is -1.12. The minimum Gasteiger partial charge on any atom is -0.450 e. The highest BCUT2D eigenvalue weighted by atomic mass is 32.2.